The molecule has 1 heterocycles. The molecule has 0 aromatic heterocycles. The number of carbonyl (C=O) groups excluding carboxylic acids is 1. The molecule has 1 aromatic rings. The summed E-state index contributed by atoms with van der Waals surface area (Å²) in [5, 5.41) is 13.5. The van der Waals surface area contributed by atoms with Crippen LogP contribution in [0.5, 0.6) is 0 Å². The molecule has 2 unspecified atom stereocenters. The summed E-state index contributed by atoms with van der Waals surface area (Å²) >= 11 is 6.02. The fourth-order valence-corrected chi connectivity index (χ4v) is 3.76. The number of benzene rings is 1. The average molecular weight is 323 g/mol. The molecule has 3 rings (SSSR count). The molecule has 1 aromatic carbocycles. The number of hydrogen-bond donors (Lipinski definition) is 2. The van der Waals surface area contributed by atoms with E-state index < -0.39 is 0 Å². The molecule has 0 bridgehead atoms. The summed E-state index contributed by atoms with van der Waals surface area (Å²) in [6.45, 7) is 3.28. The largest absolute Gasteiger partial charge is 0.393 e. The molecule has 1 fully saturated rings. The maximum atomic E-state index is 12.4. The number of carbonyl (C=O) groups is 1. The summed E-state index contributed by atoms with van der Waals surface area (Å²) in [6, 6.07) is 6.01. The summed E-state index contributed by atoms with van der Waals surface area (Å²) in [4.78, 5) is 14.3. The smallest absolute Gasteiger partial charge is 0.317 e. The van der Waals surface area contributed by atoms with E-state index in [2.05, 4.69) is 5.32 Å². The number of aliphatic hydroxyl groups excluding tert-OH is 1. The highest BCUT2D eigenvalue weighted by molar-refractivity contribution is 6.30. The molecule has 1 aliphatic carbocycles. The van der Waals surface area contributed by atoms with Crippen molar-refractivity contribution in [1.82, 2.24) is 10.2 Å². The lowest BCUT2D eigenvalue weighted by Gasteiger charge is -2.34. The number of nitrogens with zero attached hydrogens (tertiary/aromatic N) is 1. The van der Waals surface area contributed by atoms with E-state index in [9.17, 15) is 9.90 Å². The van der Waals surface area contributed by atoms with Gasteiger partial charge in [0, 0.05) is 18.1 Å². The van der Waals surface area contributed by atoms with Gasteiger partial charge in [-0.2, -0.15) is 0 Å². The van der Waals surface area contributed by atoms with Gasteiger partial charge in [-0.25, -0.2) is 4.79 Å². The zero-order valence-corrected chi connectivity index (χ0v) is 13.6. The van der Waals surface area contributed by atoms with Crippen molar-refractivity contribution in [3.8, 4) is 0 Å². The fraction of sp³-hybridized carbons (Fsp3) is 0.588. The summed E-state index contributed by atoms with van der Waals surface area (Å²) in [5.74, 6) is 0.318. The molecular weight excluding hydrogens is 300 g/mol. The van der Waals surface area contributed by atoms with E-state index in [0.717, 1.165) is 43.8 Å². The number of aryl methyl sites for hydroxylation is 1. The van der Waals surface area contributed by atoms with Crippen molar-refractivity contribution in [3.63, 3.8) is 0 Å². The maximum absolute atomic E-state index is 12.4. The second-order valence-electron chi connectivity index (χ2n) is 6.45. The first-order chi connectivity index (χ1) is 10.5. The van der Waals surface area contributed by atoms with Gasteiger partial charge in [-0.3, -0.25) is 0 Å². The van der Waals surface area contributed by atoms with Crippen molar-refractivity contribution in [3.05, 3.63) is 34.3 Å². The Balaban J connectivity index is 1.58. The van der Waals surface area contributed by atoms with Crippen LogP contribution in [0.1, 0.15) is 43.4 Å². The van der Waals surface area contributed by atoms with Crippen LogP contribution in [0.15, 0.2) is 18.2 Å². The first-order valence-electron chi connectivity index (χ1n) is 8.06. The van der Waals surface area contributed by atoms with Crippen molar-refractivity contribution in [1.29, 1.82) is 0 Å². The molecule has 2 aliphatic rings. The first-order valence-corrected chi connectivity index (χ1v) is 8.44. The first kappa shape index (κ1) is 15.6. The molecule has 2 atom stereocenters. The molecular formula is C17H23ClN2O2. The van der Waals surface area contributed by atoms with Gasteiger partial charge in [-0.1, -0.05) is 17.7 Å². The molecule has 2 amide bonds. The SMILES string of the molecule is CC(O)C1CCN(C(=O)NC2CCc3cc(Cl)ccc32)CC1. The molecule has 5 heteroatoms. The molecule has 2 N–H and O–H groups in total. The number of halogens is 1. The number of piperidine rings is 1. The van der Waals surface area contributed by atoms with Crippen molar-refractivity contribution < 1.29 is 9.90 Å². The Morgan fingerprint density at radius 1 is 1.36 bits per heavy atom. The van der Waals surface area contributed by atoms with Crippen molar-refractivity contribution >= 4 is 17.6 Å². The minimum atomic E-state index is -0.281. The Labute approximate surface area is 136 Å². The molecule has 120 valence electrons. The van der Waals surface area contributed by atoms with E-state index in [0.29, 0.717) is 5.92 Å². The van der Waals surface area contributed by atoms with Crippen LogP contribution in [-0.4, -0.2) is 35.2 Å². The van der Waals surface area contributed by atoms with Gasteiger partial charge in [-0.15, -0.1) is 0 Å². The zero-order chi connectivity index (χ0) is 15.7. The van der Waals surface area contributed by atoms with Crippen molar-refractivity contribution in [2.45, 2.75) is 44.8 Å². The number of rotatable bonds is 2. The lowest BCUT2D eigenvalue weighted by molar-refractivity contribution is 0.0793. The Morgan fingerprint density at radius 3 is 2.77 bits per heavy atom. The van der Waals surface area contributed by atoms with Crippen LogP contribution >= 0.6 is 11.6 Å². The van der Waals surface area contributed by atoms with Gasteiger partial charge in [0.2, 0.25) is 0 Å². The fourth-order valence-electron chi connectivity index (χ4n) is 3.56. The quantitative estimate of drug-likeness (QED) is 0.879. The molecule has 0 spiro atoms. The number of likely N-dealkylation sites (tertiary alicyclic amines) is 1. The van der Waals surface area contributed by atoms with E-state index in [1.54, 1.807) is 0 Å². The summed E-state index contributed by atoms with van der Waals surface area (Å²) in [6.07, 6.45) is 3.37. The van der Waals surface area contributed by atoms with Crippen LogP contribution in [0.4, 0.5) is 4.79 Å². The lowest BCUT2D eigenvalue weighted by atomic mass is 9.92. The lowest BCUT2D eigenvalue weighted by Crippen LogP contribution is -2.46. The normalized spacial score (nSPS) is 23.2. The van der Waals surface area contributed by atoms with Gasteiger partial charge < -0.3 is 15.3 Å². The highest BCUT2D eigenvalue weighted by Gasteiger charge is 2.29. The third-order valence-electron chi connectivity index (χ3n) is 4.99. The molecule has 0 radical (unpaired) electrons. The summed E-state index contributed by atoms with van der Waals surface area (Å²) in [5.41, 5.74) is 2.43. The summed E-state index contributed by atoms with van der Waals surface area (Å²) < 4.78 is 0. The van der Waals surface area contributed by atoms with Crippen LogP contribution in [0, 0.1) is 5.92 Å². The van der Waals surface area contributed by atoms with Crippen LogP contribution in [0.2, 0.25) is 5.02 Å². The highest BCUT2D eigenvalue weighted by atomic mass is 35.5. The monoisotopic (exact) mass is 322 g/mol. The Morgan fingerprint density at radius 2 is 2.09 bits per heavy atom. The van der Waals surface area contributed by atoms with Crippen molar-refractivity contribution in [2.75, 3.05) is 13.1 Å². The third-order valence-corrected chi connectivity index (χ3v) is 5.22. The highest BCUT2D eigenvalue weighted by Crippen LogP contribution is 2.33. The zero-order valence-electron chi connectivity index (χ0n) is 12.9. The van der Waals surface area contributed by atoms with Gasteiger partial charge in [0.15, 0.2) is 0 Å². The Hall–Kier alpha value is -1.26. The molecule has 0 saturated carbocycles. The van der Waals surface area contributed by atoms with Crippen LogP contribution in [0.3, 0.4) is 0 Å². The van der Waals surface area contributed by atoms with Gasteiger partial charge in [0.05, 0.1) is 12.1 Å². The number of nitrogens with one attached hydrogen (secondary N) is 1. The van der Waals surface area contributed by atoms with Gasteiger partial charge in [0.25, 0.3) is 0 Å². The Kier molecular flexibility index (Phi) is 4.59. The number of fused-ring (bicyclic) bond motifs is 1. The predicted octanol–water partition coefficient (Wildman–Crippen LogP) is 3.13. The van der Waals surface area contributed by atoms with Crippen molar-refractivity contribution in [2.24, 2.45) is 5.92 Å². The maximum Gasteiger partial charge on any atom is 0.317 e. The average Bonchev–Trinajstić information content (AvgIpc) is 2.89. The van der Waals surface area contributed by atoms with Crippen LogP contribution in [-0.2, 0) is 6.42 Å². The predicted molar refractivity (Wildman–Crippen MR) is 87.0 cm³/mol. The molecule has 22 heavy (non-hydrogen) atoms. The number of hydrogen-bond acceptors (Lipinski definition) is 2. The molecule has 1 saturated heterocycles. The van der Waals surface area contributed by atoms with Gasteiger partial charge >= 0.3 is 6.03 Å². The minimum absolute atomic E-state index is 0.0110. The number of amides is 2. The van der Waals surface area contributed by atoms with E-state index in [4.69, 9.17) is 11.6 Å². The van der Waals surface area contributed by atoms with E-state index in [1.807, 2.05) is 30.0 Å². The Bertz CT molecular complexity index is 554. The van der Waals surface area contributed by atoms with Gasteiger partial charge in [-0.05, 0) is 61.8 Å². The van der Waals surface area contributed by atoms with Gasteiger partial charge in [0.1, 0.15) is 0 Å². The molecule has 4 nitrogen and oxygen atoms in total. The number of urea groups is 1. The second-order valence-corrected chi connectivity index (χ2v) is 6.89. The summed E-state index contributed by atoms with van der Waals surface area (Å²) in [7, 11) is 0. The van der Waals surface area contributed by atoms with Crippen LogP contribution in [0.25, 0.3) is 0 Å². The van der Waals surface area contributed by atoms with E-state index in [-0.39, 0.29) is 18.2 Å². The third kappa shape index (κ3) is 3.23. The molecule has 1 aliphatic heterocycles. The van der Waals surface area contributed by atoms with E-state index >= 15 is 0 Å². The topological polar surface area (TPSA) is 52.6 Å². The van der Waals surface area contributed by atoms with E-state index in [1.165, 1.54) is 11.1 Å². The standard InChI is InChI=1S/C17H23ClN2O2/c1-11(21)12-6-8-20(9-7-12)17(22)19-16-5-2-13-10-14(18)3-4-15(13)16/h3-4,10-12,16,21H,2,5-9H2,1H3,(H,19,22). The second kappa shape index (κ2) is 6.47. The number of aliphatic hydroxyl groups is 1. The van der Waals surface area contributed by atoms with Crippen LogP contribution < -0.4 is 5.32 Å². The minimum Gasteiger partial charge on any atom is -0.393 e.